The summed E-state index contributed by atoms with van der Waals surface area (Å²) in [4.78, 5) is 3.40. The molecule has 0 fully saturated rings. The lowest BCUT2D eigenvalue weighted by atomic mass is 10.1. The summed E-state index contributed by atoms with van der Waals surface area (Å²) in [6.07, 6.45) is -4.70. The van der Waals surface area contributed by atoms with Crippen molar-refractivity contribution in [2.75, 3.05) is 7.11 Å². The Morgan fingerprint density at radius 2 is 1.71 bits per heavy atom. The number of fused-ring (bicyclic) bond motifs is 1. The van der Waals surface area contributed by atoms with Gasteiger partial charge in [0.2, 0.25) is 5.82 Å². The summed E-state index contributed by atoms with van der Waals surface area (Å²) in [7, 11) is 1.58. The molecule has 5 rings (SSSR count). The SMILES string of the molecule is COc1ccc(Oc2cc3c(cc2Cl)nnn3Cc2ccc(-c3noc(C(F)(F)F)n3)cc2)cc1. The molecule has 35 heavy (non-hydrogen) atoms. The average molecular weight is 502 g/mol. The van der Waals surface area contributed by atoms with Gasteiger partial charge in [-0.2, -0.15) is 18.2 Å². The fraction of sp³-hybridized carbons (Fsp3) is 0.130. The van der Waals surface area contributed by atoms with Crippen LogP contribution in [0.2, 0.25) is 5.02 Å². The van der Waals surface area contributed by atoms with Crippen molar-refractivity contribution < 1.29 is 27.2 Å². The van der Waals surface area contributed by atoms with Crippen molar-refractivity contribution in [2.24, 2.45) is 0 Å². The molecule has 0 N–H and O–H groups in total. The molecule has 0 aliphatic rings. The van der Waals surface area contributed by atoms with E-state index in [2.05, 4.69) is 25.0 Å². The summed E-state index contributed by atoms with van der Waals surface area (Å²) >= 11 is 6.37. The minimum Gasteiger partial charge on any atom is -0.497 e. The van der Waals surface area contributed by atoms with Crippen LogP contribution in [0.5, 0.6) is 17.2 Å². The van der Waals surface area contributed by atoms with Gasteiger partial charge in [0.1, 0.15) is 22.8 Å². The third-order valence-corrected chi connectivity index (χ3v) is 5.36. The van der Waals surface area contributed by atoms with Crippen LogP contribution in [-0.2, 0) is 12.7 Å². The van der Waals surface area contributed by atoms with Crippen LogP contribution in [0.4, 0.5) is 13.2 Å². The van der Waals surface area contributed by atoms with Crippen molar-refractivity contribution in [1.29, 1.82) is 0 Å². The summed E-state index contributed by atoms with van der Waals surface area (Å²) in [6, 6.07) is 17.2. The van der Waals surface area contributed by atoms with Gasteiger partial charge in [0.25, 0.3) is 0 Å². The van der Waals surface area contributed by atoms with E-state index in [9.17, 15) is 13.2 Å². The maximum atomic E-state index is 12.7. The fourth-order valence-corrected chi connectivity index (χ4v) is 3.52. The number of methoxy groups -OCH3 is 1. The van der Waals surface area contributed by atoms with Gasteiger partial charge < -0.3 is 14.0 Å². The number of halogens is 4. The number of benzene rings is 3. The van der Waals surface area contributed by atoms with E-state index in [1.807, 2.05) is 0 Å². The molecule has 0 bridgehead atoms. The second kappa shape index (κ2) is 8.91. The molecule has 0 saturated carbocycles. The molecule has 5 aromatic rings. The Bertz CT molecular complexity index is 1480. The van der Waals surface area contributed by atoms with E-state index in [0.29, 0.717) is 45.4 Å². The molecule has 0 unspecified atom stereocenters. The molecule has 0 spiro atoms. The molecule has 12 heteroatoms. The average Bonchev–Trinajstić information content (AvgIpc) is 3.48. The highest BCUT2D eigenvalue weighted by Gasteiger charge is 2.38. The highest BCUT2D eigenvalue weighted by Crippen LogP contribution is 2.34. The van der Waals surface area contributed by atoms with Crippen molar-refractivity contribution in [2.45, 2.75) is 12.7 Å². The standard InChI is InChI=1S/C23H15ClF3N5O3/c1-33-15-6-8-16(9-7-15)34-20-11-19-18(10-17(20)24)29-31-32(19)12-13-2-4-14(5-3-13)21-28-22(35-30-21)23(25,26)27/h2-11H,12H2,1H3. The van der Waals surface area contributed by atoms with E-state index in [1.165, 1.54) is 0 Å². The monoisotopic (exact) mass is 501 g/mol. The maximum Gasteiger partial charge on any atom is 0.471 e. The van der Waals surface area contributed by atoms with Gasteiger partial charge in [-0.05, 0) is 35.9 Å². The van der Waals surface area contributed by atoms with Crippen LogP contribution in [0.3, 0.4) is 0 Å². The molecule has 0 atom stereocenters. The zero-order valence-corrected chi connectivity index (χ0v) is 18.7. The number of hydrogen-bond donors (Lipinski definition) is 0. The number of aromatic nitrogens is 5. The van der Waals surface area contributed by atoms with Crippen molar-refractivity contribution in [3.63, 3.8) is 0 Å². The van der Waals surface area contributed by atoms with Crippen LogP contribution in [0.1, 0.15) is 11.5 Å². The fourth-order valence-electron chi connectivity index (χ4n) is 3.32. The molecule has 8 nitrogen and oxygen atoms in total. The molecule has 0 aliphatic carbocycles. The van der Waals surface area contributed by atoms with Crippen molar-refractivity contribution >= 4 is 22.6 Å². The molecule has 0 radical (unpaired) electrons. The topological polar surface area (TPSA) is 88.1 Å². The lowest BCUT2D eigenvalue weighted by Crippen LogP contribution is -2.04. The van der Waals surface area contributed by atoms with Gasteiger partial charge in [0.05, 0.1) is 24.2 Å². The highest BCUT2D eigenvalue weighted by molar-refractivity contribution is 6.32. The zero-order valence-electron chi connectivity index (χ0n) is 18.0. The Hall–Kier alpha value is -4.12. The van der Waals surface area contributed by atoms with E-state index in [4.69, 9.17) is 21.1 Å². The lowest BCUT2D eigenvalue weighted by molar-refractivity contribution is -0.159. The van der Waals surface area contributed by atoms with E-state index in [0.717, 1.165) is 5.56 Å². The van der Waals surface area contributed by atoms with E-state index in [1.54, 1.807) is 72.5 Å². The van der Waals surface area contributed by atoms with Crippen LogP contribution in [0.15, 0.2) is 65.2 Å². The number of nitrogens with zero attached hydrogens (tertiary/aromatic N) is 5. The second-order valence-corrected chi connectivity index (χ2v) is 7.82. The van der Waals surface area contributed by atoms with Crippen LogP contribution in [0.25, 0.3) is 22.4 Å². The highest BCUT2D eigenvalue weighted by atomic mass is 35.5. The Morgan fingerprint density at radius 3 is 2.37 bits per heavy atom. The predicted molar refractivity (Wildman–Crippen MR) is 119 cm³/mol. The van der Waals surface area contributed by atoms with Gasteiger partial charge in [-0.25, -0.2) is 4.68 Å². The minimum absolute atomic E-state index is 0.148. The third-order valence-electron chi connectivity index (χ3n) is 5.07. The van der Waals surface area contributed by atoms with Crippen molar-refractivity contribution in [3.8, 4) is 28.6 Å². The maximum absolute atomic E-state index is 12.7. The number of hydrogen-bond acceptors (Lipinski definition) is 7. The first-order valence-corrected chi connectivity index (χ1v) is 10.5. The number of ether oxygens (including phenoxy) is 2. The molecule has 0 saturated heterocycles. The normalized spacial score (nSPS) is 11.7. The first-order valence-electron chi connectivity index (χ1n) is 10.1. The van der Waals surface area contributed by atoms with Gasteiger partial charge in [0.15, 0.2) is 0 Å². The lowest BCUT2D eigenvalue weighted by Gasteiger charge is -2.09. The van der Waals surface area contributed by atoms with Crippen molar-refractivity contribution in [3.05, 3.63) is 77.1 Å². The van der Waals surface area contributed by atoms with E-state index >= 15 is 0 Å². The van der Waals surface area contributed by atoms with Gasteiger partial charge >= 0.3 is 12.1 Å². The van der Waals surface area contributed by atoms with E-state index < -0.39 is 12.1 Å². The van der Waals surface area contributed by atoms with Gasteiger partial charge in [0, 0.05) is 11.6 Å². The van der Waals surface area contributed by atoms with Crippen LogP contribution >= 0.6 is 11.6 Å². The Labute approximate surface area is 200 Å². The molecule has 3 aromatic carbocycles. The molecule has 0 amide bonds. The number of rotatable bonds is 6. The Balaban J connectivity index is 1.37. The minimum atomic E-state index is -4.70. The summed E-state index contributed by atoms with van der Waals surface area (Å²) in [6.45, 7) is 0.348. The third kappa shape index (κ3) is 4.76. The molecule has 2 aromatic heterocycles. The van der Waals surface area contributed by atoms with Crippen molar-refractivity contribution in [1.82, 2.24) is 25.1 Å². The molecule has 178 valence electrons. The molecular weight excluding hydrogens is 487 g/mol. The summed E-state index contributed by atoms with van der Waals surface area (Å²) in [5, 5.41) is 12.1. The van der Waals surface area contributed by atoms with Gasteiger partial charge in [-0.1, -0.05) is 46.2 Å². The summed E-state index contributed by atoms with van der Waals surface area (Å²) < 4.78 is 55.1. The Kier molecular flexibility index (Phi) is 5.77. The van der Waals surface area contributed by atoms with Crippen LogP contribution in [0, 0.1) is 0 Å². The van der Waals surface area contributed by atoms with E-state index in [-0.39, 0.29) is 5.82 Å². The summed E-state index contributed by atoms with van der Waals surface area (Å²) in [5.41, 5.74) is 2.49. The van der Waals surface area contributed by atoms with Gasteiger partial charge in [-0.15, -0.1) is 5.10 Å². The molecular formula is C23H15ClF3N5O3. The predicted octanol–water partition coefficient (Wildman–Crippen LogP) is 6.00. The number of alkyl halides is 3. The first kappa shape index (κ1) is 22.7. The molecule has 2 heterocycles. The Morgan fingerprint density at radius 1 is 1.00 bits per heavy atom. The second-order valence-electron chi connectivity index (χ2n) is 7.41. The molecule has 0 aliphatic heterocycles. The zero-order chi connectivity index (χ0) is 24.6. The quantitative estimate of drug-likeness (QED) is 0.282. The summed E-state index contributed by atoms with van der Waals surface area (Å²) in [5.74, 6) is 0.173. The van der Waals surface area contributed by atoms with Gasteiger partial charge in [-0.3, -0.25) is 0 Å². The largest absolute Gasteiger partial charge is 0.497 e. The van der Waals surface area contributed by atoms with Crippen LogP contribution < -0.4 is 9.47 Å². The van der Waals surface area contributed by atoms with Crippen LogP contribution in [-0.4, -0.2) is 32.2 Å². The first-order chi connectivity index (χ1) is 16.8. The smallest absolute Gasteiger partial charge is 0.471 e.